The first-order chi connectivity index (χ1) is 9.20. The third kappa shape index (κ3) is 5.47. The number of amides is 1. The SMILES string of the molecule is CCCCN(CCOC)C(=O)C(N)C1CCOCC1. The number of carbonyl (C=O) groups is 1. The average molecular weight is 272 g/mol. The van der Waals surface area contributed by atoms with E-state index in [9.17, 15) is 4.79 Å². The molecule has 1 aliphatic rings. The maximum atomic E-state index is 12.5. The predicted octanol–water partition coefficient (Wildman–Crippen LogP) is 1.02. The molecule has 0 aliphatic carbocycles. The Hall–Kier alpha value is -0.650. The summed E-state index contributed by atoms with van der Waals surface area (Å²) >= 11 is 0. The summed E-state index contributed by atoms with van der Waals surface area (Å²) in [5.41, 5.74) is 6.15. The van der Waals surface area contributed by atoms with Crippen LogP contribution in [-0.4, -0.2) is 56.9 Å². The zero-order valence-electron chi connectivity index (χ0n) is 12.3. The van der Waals surface area contributed by atoms with Crippen molar-refractivity contribution in [3.05, 3.63) is 0 Å². The van der Waals surface area contributed by atoms with E-state index in [1.807, 2.05) is 4.90 Å². The lowest BCUT2D eigenvalue weighted by molar-refractivity contribution is -0.135. The molecule has 1 unspecified atom stereocenters. The Morgan fingerprint density at radius 1 is 1.42 bits per heavy atom. The van der Waals surface area contributed by atoms with Crippen molar-refractivity contribution in [3.63, 3.8) is 0 Å². The molecule has 1 atom stereocenters. The van der Waals surface area contributed by atoms with E-state index in [-0.39, 0.29) is 11.8 Å². The van der Waals surface area contributed by atoms with Gasteiger partial charge in [0.25, 0.3) is 0 Å². The van der Waals surface area contributed by atoms with Gasteiger partial charge >= 0.3 is 0 Å². The van der Waals surface area contributed by atoms with E-state index in [0.29, 0.717) is 13.2 Å². The van der Waals surface area contributed by atoms with Crippen LogP contribution in [0.5, 0.6) is 0 Å². The fraction of sp³-hybridized carbons (Fsp3) is 0.929. The van der Waals surface area contributed by atoms with Crippen molar-refractivity contribution >= 4 is 5.91 Å². The van der Waals surface area contributed by atoms with Crippen LogP contribution in [-0.2, 0) is 14.3 Å². The van der Waals surface area contributed by atoms with Crippen LogP contribution in [0, 0.1) is 5.92 Å². The second kappa shape index (κ2) is 9.28. The average Bonchev–Trinajstić information content (AvgIpc) is 2.47. The Morgan fingerprint density at radius 2 is 2.11 bits per heavy atom. The molecule has 5 heteroatoms. The van der Waals surface area contributed by atoms with Gasteiger partial charge in [-0.2, -0.15) is 0 Å². The summed E-state index contributed by atoms with van der Waals surface area (Å²) in [5, 5.41) is 0. The summed E-state index contributed by atoms with van der Waals surface area (Å²) in [4.78, 5) is 14.3. The molecular formula is C14H28N2O3. The third-order valence-electron chi connectivity index (χ3n) is 3.72. The van der Waals surface area contributed by atoms with E-state index >= 15 is 0 Å². The normalized spacial score (nSPS) is 18.3. The van der Waals surface area contributed by atoms with E-state index in [2.05, 4.69) is 6.92 Å². The fourth-order valence-electron chi connectivity index (χ4n) is 2.37. The first-order valence-electron chi connectivity index (χ1n) is 7.31. The molecule has 0 aromatic heterocycles. The van der Waals surface area contributed by atoms with Gasteiger partial charge in [-0.25, -0.2) is 0 Å². The zero-order valence-corrected chi connectivity index (χ0v) is 12.3. The molecule has 0 saturated carbocycles. The van der Waals surface area contributed by atoms with Crippen LogP contribution in [0.4, 0.5) is 0 Å². The maximum Gasteiger partial charge on any atom is 0.239 e. The molecule has 0 radical (unpaired) electrons. The van der Waals surface area contributed by atoms with Gasteiger partial charge in [0.2, 0.25) is 5.91 Å². The standard InChI is InChI=1S/C14H28N2O3/c1-3-4-7-16(8-11-18-2)14(17)13(15)12-5-9-19-10-6-12/h12-13H,3-11,15H2,1-2H3. The van der Waals surface area contributed by atoms with Crippen molar-refractivity contribution < 1.29 is 14.3 Å². The van der Waals surface area contributed by atoms with Crippen molar-refractivity contribution in [1.82, 2.24) is 4.90 Å². The molecule has 0 aromatic carbocycles. The number of methoxy groups -OCH3 is 1. The van der Waals surface area contributed by atoms with Crippen LogP contribution in [0.3, 0.4) is 0 Å². The zero-order chi connectivity index (χ0) is 14.1. The predicted molar refractivity (Wildman–Crippen MR) is 74.9 cm³/mol. The van der Waals surface area contributed by atoms with Gasteiger partial charge in [-0.15, -0.1) is 0 Å². The van der Waals surface area contributed by atoms with Gasteiger partial charge in [0.15, 0.2) is 0 Å². The second-order valence-electron chi connectivity index (χ2n) is 5.15. The Morgan fingerprint density at radius 3 is 2.68 bits per heavy atom. The van der Waals surface area contributed by atoms with Crippen molar-refractivity contribution in [2.24, 2.45) is 11.7 Å². The summed E-state index contributed by atoms with van der Waals surface area (Å²) < 4.78 is 10.4. The molecule has 2 N–H and O–H groups in total. The minimum absolute atomic E-state index is 0.0670. The molecule has 1 saturated heterocycles. The largest absolute Gasteiger partial charge is 0.383 e. The summed E-state index contributed by atoms with van der Waals surface area (Å²) in [6.45, 7) is 5.53. The summed E-state index contributed by atoms with van der Waals surface area (Å²) in [6, 6.07) is -0.391. The highest BCUT2D eigenvalue weighted by Crippen LogP contribution is 2.19. The third-order valence-corrected chi connectivity index (χ3v) is 3.72. The molecule has 1 amide bonds. The van der Waals surface area contributed by atoms with Gasteiger partial charge in [0.1, 0.15) is 0 Å². The fourth-order valence-corrected chi connectivity index (χ4v) is 2.37. The minimum atomic E-state index is -0.391. The van der Waals surface area contributed by atoms with Crippen LogP contribution < -0.4 is 5.73 Å². The number of rotatable bonds is 8. The lowest BCUT2D eigenvalue weighted by atomic mass is 9.91. The number of hydrogen-bond acceptors (Lipinski definition) is 4. The van der Waals surface area contributed by atoms with Crippen LogP contribution in [0.2, 0.25) is 0 Å². The lowest BCUT2D eigenvalue weighted by Crippen LogP contribution is -2.50. The molecule has 0 bridgehead atoms. The molecule has 1 rings (SSSR count). The van der Waals surface area contributed by atoms with Crippen LogP contribution in [0.25, 0.3) is 0 Å². The Kier molecular flexibility index (Phi) is 8.02. The number of ether oxygens (including phenoxy) is 2. The highest BCUT2D eigenvalue weighted by molar-refractivity contribution is 5.82. The number of carbonyl (C=O) groups excluding carboxylic acids is 1. The molecule has 1 heterocycles. The van der Waals surface area contributed by atoms with Gasteiger partial charge < -0.3 is 20.1 Å². The molecule has 5 nitrogen and oxygen atoms in total. The molecule has 0 aromatic rings. The van der Waals surface area contributed by atoms with Gasteiger partial charge in [-0.05, 0) is 25.2 Å². The van der Waals surface area contributed by atoms with Gasteiger partial charge in [-0.1, -0.05) is 13.3 Å². The molecule has 19 heavy (non-hydrogen) atoms. The first kappa shape index (κ1) is 16.4. The minimum Gasteiger partial charge on any atom is -0.383 e. The molecule has 112 valence electrons. The van der Waals surface area contributed by atoms with E-state index in [1.54, 1.807) is 7.11 Å². The Bertz CT molecular complexity index is 247. The van der Waals surface area contributed by atoms with Crippen molar-refractivity contribution in [1.29, 1.82) is 0 Å². The van der Waals surface area contributed by atoms with Crippen molar-refractivity contribution in [2.75, 3.05) is 40.0 Å². The second-order valence-corrected chi connectivity index (χ2v) is 5.15. The Balaban J connectivity index is 2.51. The smallest absolute Gasteiger partial charge is 0.239 e. The summed E-state index contributed by atoms with van der Waals surface area (Å²) in [6.07, 6.45) is 3.86. The van der Waals surface area contributed by atoms with Crippen molar-refractivity contribution in [3.8, 4) is 0 Å². The lowest BCUT2D eigenvalue weighted by Gasteiger charge is -2.31. The van der Waals surface area contributed by atoms with Gasteiger partial charge in [0.05, 0.1) is 12.6 Å². The quantitative estimate of drug-likeness (QED) is 0.716. The highest BCUT2D eigenvalue weighted by atomic mass is 16.5. The van der Waals surface area contributed by atoms with Crippen LogP contribution >= 0.6 is 0 Å². The van der Waals surface area contributed by atoms with Gasteiger partial charge in [-0.3, -0.25) is 4.79 Å². The van der Waals surface area contributed by atoms with Crippen LogP contribution in [0.15, 0.2) is 0 Å². The highest BCUT2D eigenvalue weighted by Gasteiger charge is 2.29. The van der Waals surface area contributed by atoms with Crippen LogP contribution in [0.1, 0.15) is 32.6 Å². The molecule has 0 spiro atoms. The first-order valence-corrected chi connectivity index (χ1v) is 7.31. The Labute approximate surface area is 116 Å². The molecule has 1 fully saturated rings. The van der Waals surface area contributed by atoms with Crippen molar-refractivity contribution in [2.45, 2.75) is 38.6 Å². The monoisotopic (exact) mass is 272 g/mol. The topological polar surface area (TPSA) is 64.8 Å². The molecule has 1 aliphatic heterocycles. The molecular weight excluding hydrogens is 244 g/mol. The van der Waals surface area contributed by atoms with E-state index < -0.39 is 6.04 Å². The maximum absolute atomic E-state index is 12.5. The van der Waals surface area contributed by atoms with E-state index in [0.717, 1.165) is 45.4 Å². The number of unbranched alkanes of at least 4 members (excludes halogenated alkanes) is 1. The number of nitrogens with zero attached hydrogens (tertiary/aromatic N) is 1. The summed E-state index contributed by atoms with van der Waals surface area (Å²) in [7, 11) is 1.65. The van der Waals surface area contributed by atoms with E-state index in [4.69, 9.17) is 15.2 Å². The van der Waals surface area contributed by atoms with E-state index in [1.165, 1.54) is 0 Å². The number of hydrogen-bond donors (Lipinski definition) is 1. The van der Waals surface area contributed by atoms with Gasteiger partial charge in [0, 0.05) is 33.4 Å². The summed E-state index contributed by atoms with van der Waals surface area (Å²) in [5.74, 6) is 0.324. The number of nitrogens with two attached hydrogens (primary N) is 1.